The van der Waals surface area contributed by atoms with Crippen molar-refractivity contribution in [3.8, 4) is 0 Å². The monoisotopic (exact) mass is 464 g/mol. The van der Waals surface area contributed by atoms with Crippen molar-refractivity contribution in [2.75, 3.05) is 6.61 Å². The molecule has 0 aliphatic carbocycles. The molecule has 1 saturated heterocycles. The second kappa shape index (κ2) is 11.1. The summed E-state index contributed by atoms with van der Waals surface area (Å²) in [6.07, 6.45) is -1.58. The summed E-state index contributed by atoms with van der Waals surface area (Å²) >= 11 is 1.17. The van der Waals surface area contributed by atoms with Crippen LogP contribution < -0.4 is 0 Å². The SMILES string of the molecule is O=C(OC[C@H]1SC(O)[C@@H](OCc2ccccc2)[C@@H]1OC(=O)c1ccccc1)c1ccccc1. The van der Waals surface area contributed by atoms with E-state index in [1.54, 1.807) is 48.5 Å². The van der Waals surface area contributed by atoms with Gasteiger partial charge in [0.05, 0.1) is 23.0 Å². The maximum absolute atomic E-state index is 12.8. The number of benzene rings is 3. The zero-order chi connectivity index (χ0) is 23.0. The fraction of sp³-hybridized carbons (Fsp3) is 0.231. The average molecular weight is 465 g/mol. The first-order valence-electron chi connectivity index (χ1n) is 10.6. The third-order valence-electron chi connectivity index (χ3n) is 5.21. The van der Waals surface area contributed by atoms with E-state index >= 15 is 0 Å². The maximum atomic E-state index is 12.8. The summed E-state index contributed by atoms with van der Waals surface area (Å²) in [4.78, 5) is 25.1. The van der Waals surface area contributed by atoms with Gasteiger partial charge in [-0.2, -0.15) is 0 Å². The lowest BCUT2D eigenvalue weighted by Gasteiger charge is -2.25. The number of carbonyl (C=O) groups excluding carboxylic acids is 2. The Bertz CT molecular complexity index is 1040. The minimum atomic E-state index is -0.942. The molecule has 3 aromatic carbocycles. The maximum Gasteiger partial charge on any atom is 0.338 e. The van der Waals surface area contributed by atoms with Crippen LogP contribution in [0.2, 0.25) is 0 Å². The van der Waals surface area contributed by atoms with Gasteiger partial charge in [0.15, 0.2) is 0 Å². The van der Waals surface area contributed by atoms with Crippen molar-refractivity contribution in [2.24, 2.45) is 0 Å². The molecule has 0 saturated carbocycles. The average Bonchev–Trinajstić information content (AvgIpc) is 3.16. The summed E-state index contributed by atoms with van der Waals surface area (Å²) in [6.45, 7) is 0.215. The van der Waals surface area contributed by atoms with Gasteiger partial charge in [-0.15, -0.1) is 11.8 Å². The number of carbonyl (C=O) groups is 2. The van der Waals surface area contributed by atoms with E-state index in [0.717, 1.165) is 5.56 Å². The number of esters is 2. The summed E-state index contributed by atoms with van der Waals surface area (Å²) in [7, 11) is 0. The van der Waals surface area contributed by atoms with Gasteiger partial charge in [0, 0.05) is 0 Å². The number of aliphatic hydroxyl groups excluding tert-OH is 1. The number of rotatable bonds is 8. The minimum absolute atomic E-state index is 0.0343. The standard InChI is InChI=1S/C26H24O6S/c27-24(19-12-6-2-7-13-19)31-17-21-22(32-25(28)20-14-8-3-9-15-20)23(26(29)33-21)30-16-18-10-4-1-5-11-18/h1-15,21-23,26,29H,16-17H2/t21-,22-,23+,26?/m1/s1. The predicted molar refractivity (Wildman–Crippen MR) is 125 cm³/mol. The molecule has 1 fully saturated rings. The normalized spacial score (nSPS) is 22.0. The molecule has 3 aromatic rings. The first-order chi connectivity index (χ1) is 16.1. The molecule has 1 unspecified atom stereocenters. The smallest absolute Gasteiger partial charge is 0.338 e. The lowest BCUT2D eigenvalue weighted by atomic mass is 10.1. The largest absolute Gasteiger partial charge is 0.461 e. The molecule has 0 amide bonds. The Hall–Kier alpha value is -3.13. The first kappa shape index (κ1) is 23.0. The van der Waals surface area contributed by atoms with Crippen molar-refractivity contribution in [3.63, 3.8) is 0 Å². The van der Waals surface area contributed by atoms with Gasteiger partial charge in [-0.25, -0.2) is 9.59 Å². The number of thioether (sulfide) groups is 1. The van der Waals surface area contributed by atoms with Crippen molar-refractivity contribution < 1.29 is 28.9 Å². The molecular formula is C26H24O6S. The zero-order valence-electron chi connectivity index (χ0n) is 17.8. The highest BCUT2D eigenvalue weighted by Crippen LogP contribution is 2.38. The van der Waals surface area contributed by atoms with Crippen LogP contribution >= 0.6 is 11.8 Å². The van der Waals surface area contributed by atoms with E-state index in [4.69, 9.17) is 14.2 Å². The van der Waals surface area contributed by atoms with E-state index in [2.05, 4.69) is 0 Å². The lowest BCUT2D eigenvalue weighted by molar-refractivity contribution is -0.0821. The summed E-state index contributed by atoms with van der Waals surface area (Å²) in [5.41, 5.74) is 0.811. The van der Waals surface area contributed by atoms with Crippen molar-refractivity contribution in [1.29, 1.82) is 0 Å². The molecule has 1 N–H and O–H groups in total. The second-order valence-electron chi connectivity index (χ2n) is 7.53. The molecule has 7 heteroatoms. The fourth-order valence-electron chi connectivity index (χ4n) is 3.51. The molecule has 6 nitrogen and oxygen atoms in total. The van der Waals surface area contributed by atoms with Crippen LogP contribution in [0, 0.1) is 0 Å². The van der Waals surface area contributed by atoms with Gasteiger partial charge in [0.1, 0.15) is 24.3 Å². The minimum Gasteiger partial charge on any atom is -0.461 e. The Balaban J connectivity index is 1.47. The number of ether oxygens (including phenoxy) is 3. The molecule has 4 atom stereocenters. The highest BCUT2D eigenvalue weighted by Gasteiger charge is 2.47. The van der Waals surface area contributed by atoms with Crippen LogP contribution in [0.4, 0.5) is 0 Å². The quantitative estimate of drug-likeness (QED) is 0.503. The Morgan fingerprint density at radius 1 is 0.758 bits per heavy atom. The summed E-state index contributed by atoms with van der Waals surface area (Å²) in [5, 5.41) is 10.2. The molecule has 170 valence electrons. The Kier molecular flexibility index (Phi) is 7.78. The van der Waals surface area contributed by atoms with Gasteiger partial charge in [-0.05, 0) is 29.8 Å². The van der Waals surface area contributed by atoms with Gasteiger partial charge in [0.2, 0.25) is 0 Å². The van der Waals surface area contributed by atoms with Gasteiger partial charge in [-0.1, -0.05) is 66.7 Å². The zero-order valence-corrected chi connectivity index (χ0v) is 18.6. The second-order valence-corrected chi connectivity index (χ2v) is 8.89. The summed E-state index contributed by atoms with van der Waals surface area (Å²) in [5.74, 6) is -1.00. The van der Waals surface area contributed by atoms with Crippen LogP contribution in [0.15, 0.2) is 91.0 Å². The van der Waals surface area contributed by atoms with Crippen LogP contribution in [0.25, 0.3) is 0 Å². The highest BCUT2D eigenvalue weighted by molar-refractivity contribution is 8.00. The first-order valence-corrected chi connectivity index (χ1v) is 11.5. The number of hydrogen-bond acceptors (Lipinski definition) is 7. The number of hydrogen-bond donors (Lipinski definition) is 1. The van der Waals surface area contributed by atoms with Gasteiger partial charge in [0.25, 0.3) is 0 Å². The molecule has 1 aliphatic heterocycles. The molecule has 0 bridgehead atoms. The van der Waals surface area contributed by atoms with Crippen molar-refractivity contribution in [2.45, 2.75) is 29.5 Å². The fourth-order valence-corrected chi connectivity index (χ4v) is 4.77. The summed E-state index contributed by atoms with van der Waals surface area (Å²) < 4.78 is 17.2. The third kappa shape index (κ3) is 6.01. The van der Waals surface area contributed by atoms with E-state index in [0.29, 0.717) is 11.1 Å². The van der Waals surface area contributed by atoms with E-state index in [9.17, 15) is 14.7 Å². The molecule has 1 heterocycles. The van der Waals surface area contributed by atoms with Gasteiger partial charge >= 0.3 is 11.9 Å². The molecule has 0 spiro atoms. The van der Waals surface area contributed by atoms with Crippen molar-refractivity contribution in [1.82, 2.24) is 0 Å². The van der Waals surface area contributed by atoms with Crippen LogP contribution in [0.5, 0.6) is 0 Å². The molecule has 0 aromatic heterocycles. The summed E-state index contributed by atoms with van der Waals surface area (Å²) in [6, 6.07) is 26.8. The number of aliphatic hydroxyl groups is 1. The Labute approximate surface area is 196 Å². The topological polar surface area (TPSA) is 82.1 Å². The molecule has 4 rings (SSSR count). The van der Waals surface area contributed by atoms with Gasteiger partial charge < -0.3 is 19.3 Å². The molecular weight excluding hydrogens is 440 g/mol. The Morgan fingerprint density at radius 2 is 1.30 bits per heavy atom. The highest BCUT2D eigenvalue weighted by atomic mass is 32.2. The van der Waals surface area contributed by atoms with Crippen LogP contribution in [-0.4, -0.2) is 46.5 Å². The molecule has 1 aliphatic rings. The van der Waals surface area contributed by atoms with E-state index in [1.807, 2.05) is 42.5 Å². The van der Waals surface area contributed by atoms with Crippen molar-refractivity contribution in [3.05, 3.63) is 108 Å². The molecule has 0 radical (unpaired) electrons. The van der Waals surface area contributed by atoms with Crippen molar-refractivity contribution >= 4 is 23.7 Å². The lowest BCUT2D eigenvalue weighted by Crippen LogP contribution is -2.40. The molecule has 33 heavy (non-hydrogen) atoms. The van der Waals surface area contributed by atoms with E-state index < -0.39 is 34.8 Å². The third-order valence-corrected chi connectivity index (χ3v) is 6.51. The van der Waals surface area contributed by atoms with Crippen LogP contribution in [0.3, 0.4) is 0 Å². The van der Waals surface area contributed by atoms with E-state index in [1.165, 1.54) is 11.8 Å². The Morgan fingerprint density at radius 3 is 1.91 bits per heavy atom. The predicted octanol–water partition coefficient (Wildman–Crippen LogP) is 4.09. The van der Waals surface area contributed by atoms with Crippen LogP contribution in [0.1, 0.15) is 26.3 Å². The van der Waals surface area contributed by atoms with E-state index in [-0.39, 0.29) is 13.2 Å². The van der Waals surface area contributed by atoms with Gasteiger partial charge in [-0.3, -0.25) is 0 Å². The van der Waals surface area contributed by atoms with Crippen LogP contribution in [-0.2, 0) is 20.8 Å².